The molecule has 0 radical (unpaired) electrons. The predicted octanol–water partition coefficient (Wildman–Crippen LogP) is 4.04. The van der Waals surface area contributed by atoms with E-state index in [1.165, 1.54) is 11.8 Å². The van der Waals surface area contributed by atoms with Gasteiger partial charge >= 0.3 is 0 Å². The molecule has 1 N–H and O–H groups in total. The van der Waals surface area contributed by atoms with E-state index < -0.39 is 0 Å². The van der Waals surface area contributed by atoms with E-state index in [1.807, 2.05) is 48.5 Å². The Bertz CT molecular complexity index is 874. The van der Waals surface area contributed by atoms with Gasteiger partial charge in [-0.3, -0.25) is 9.36 Å². The molecular formula is C20H23N3O2S. The molecule has 0 unspecified atom stereocenters. The molecule has 1 aromatic heterocycles. The first-order valence-electron chi connectivity index (χ1n) is 8.74. The Morgan fingerprint density at radius 3 is 2.69 bits per heavy atom. The van der Waals surface area contributed by atoms with Crippen molar-refractivity contribution in [2.45, 2.75) is 24.9 Å². The Labute approximate surface area is 157 Å². The highest BCUT2D eigenvalue weighted by Crippen LogP contribution is 2.28. The zero-order chi connectivity index (χ0) is 18.4. The molecule has 0 fully saturated rings. The van der Waals surface area contributed by atoms with Crippen molar-refractivity contribution in [3.63, 3.8) is 0 Å². The second-order valence-corrected chi connectivity index (χ2v) is 6.85. The minimum atomic E-state index is 0.0387. The van der Waals surface area contributed by atoms with Gasteiger partial charge in [-0.15, -0.1) is 0 Å². The summed E-state index contributed by atoms with van der Waals surface area (Å²) < 4.78 is 7.33. The van der Waals surface area contributed by atoms with E-state index in [9.17, 15) is 4.79 Å². The molecule has 1 heterocycles. The van der Waals surface area contributed by atoms with Crippen molar-refractivity contribution in [3.05, 3.63) is 48.5 Å². The van der Waals surface area contributed by atoms with Gasteiger partial charge in [0.1, 0.15) is 5.75 Å². The van der Waals surface area contributed by atoms with Crippen LogP contribution in [-0.4, -0.2) is 34.9 Å². The summed E-state index contributed by atoms with van der Waals surface area (Å²) in [6.45, 7) is 2.84. The minimum Gasteiger partial charge on any atom is -0.497 e. The molecule has 0 aliphatic rings. The number of imidazole rings is 1. The first-order valence-corrected chi connectivity index (χ1v) is 9.73. The standard InChI is InChI=1S/C20H23N3O2S/c1-3-4-13-21-19(24)14-26-20-22-17-7-5-6-8-18(17)23(20)15-9-11-16(25-2)12-10-15/h5-12H,3-4,13-14H2,1-2H3,(H,21,24). The molecule has 2 aromatic carbocycles. The van der Waals surface area contributed by atoms with Gasteiger partial charge in [-0.1, -0.05) is 37.2 Å². The quantitative estimate of drug-likeness (QED) is 0.481. The number of ether oxygens (including phenoxy) is 1. The van der Waals surface area contributed by atoms with Crippen molar-refractivity contribution in [3.8, 4) is 11.4 Å². The van der Waals surface area contributed by atoms with Crippen molar-refractivity contribution in [1.29, 1.82) is 0 Å². The van der Waals surface area contributed by atoms with Gasteiger partial charge in [-0.05, 0) is 42.8 Å². The van der Waals surface area contributed by atoms with E-state index in [0.29, 0.717) is 5.75 Å². The van der Waals surface area contributed by atoms with E-state index in [2.05, 4.69) is 16.8 Å². The molecule has 6 heteroatoms. The smallest absolute Gasteiger partial charge is 0.230 e. The van der Waals surface area contributed by atoms with Crippen LogP contribution < -0.4 is 10.1 Å². The van der Waals surface area contributed by atoms with Crippen molar-refractivity contribution in [1.82, 2.24) is 14.9 Å². The summed E-state index contributed by atoms with van der Waals surface area (Å²) in [4.78, 5) is 16.8. The molecule has 3 rings (SSSR count). The third kappa shape index (κ3) is 4.19. The summed E-state index contributed by atoms with van der Waals surface area (Å²) in [7, 11) is 1.65. The number of hydrogen-bond acceptors (Lipinski definition) is 4. The fourth-order valence-electron chi connectivity index (χ4n) is 2.67. The molecule has 0 bridgehead atoms. The van der Waals surface area contributed by atoms with Gasteiger partial charge < -0.3 is 10.1 Å². The number of rotatable bonds is 8. The minimum absolute atomic E-state index is 0.0387. The number of unbranched alkanes of at least 4 members (excludes halogenated alkanes) is 1. The topological polar surface area (TPSA) is 56.2 Å². The third-order valence-electron chi connectivity index (χ3n) is 4.05. The van der Waals surface area contributed by atoms with Crippen molar-refractivity contribution in [2.24, 2.45) is 0 Å². The number of nitrogens with zero attached hydrogens (tertiary/aromatic N) is 2. The van der Waals surface area contributed by atoms with E-state index in [4.69, 9.17) is 9.72 Å². The predicted molar refractivity (Wildman–Crippen MR) is 106 cm³/mol. The fraction of sp³-hybridized carbons (Fsp3) is 0.300. The normalized spacial score (nSPS) is 10.8. The van der Waals surface area contributed by atoms with Crippen molar-refractivity contribution in [2.75, 3.05) is 19.4 Å². The average Bonchev–Trinajstić information content (AvgIpc) is 3.05. The lowest BCUT2D eigenvalue weighted by Gasteiger charge is -2.10. The number of carbonyl (C=O) groups excluding carboxylic acids is 1. The number of hydrogen-bond donors (Lipinski definition) is 1. The Balaban J connectivity index is 1.86. The van der Waals surface area contributed by atoms with Crippen LogP contribution >= 0.6 is 11.8 Å². The number of aromatic nitrogens is 2. The molecule has 5 nitrogen and oxygen atoms in total. The van der Waals surface area contributed by atoms with Gasteiger partial charge in [-0.25, -0.2) is 4.98 Å². The molecule has 3 aromatic rings. The van der Waals surface area contributed by atoms with Crippen LogP contribution in [0.5, 0.6) is 5.75 Å². The molecule has 0 aliphatic carbocycles. The van der Waals surface area contributed by atoms with E-state index in [-0.39, 0.29) is 5.91 Å². The number of para-hydroxylation sites is 2. The number of thioether (sulfide) groups is 1. The SMILES string of the molecule is CCCCNC(=O)CSc1nc2ccccc2n1-c1ccc(OC)cc1. The van der Waals surface area contributed by atoms with Crippen molar-refractivity contribution < 1.29 is 9.53 Å². The van der Waals surface area contributed by atoms with E-state index >= 15 is 0 Å². The van der Waals surface area contributed by atoms with Crippen LogP contribution in [0.2, 0.25) is 0 Å². The van der Waals surface area contributed by atoms with Crippen LogP contribution in [0, 0.1) is 0 Å². The lowest BCUT2D eigenvalue weighted by atomic mass is 10.2. The lowest BCUT2D eigenvalue weighted by Crippen LogP contribution is -2.26. The number of fused-ring (bicyclic) bond motifs is 1. The van der Waals surface area contributed by atoms with Crippen LogP contribution in [0.1, 0.15) is 19.8 Å². The summed E-state index contributed by atoms with van der Waals surface area (Å²) in [5, 5.41) is 3.76. The van der Waals surface area contributed by atoms with Gasteiger partial charge in [0.15, 0.2) is 5.16 Å². The maximum Gasteiger partial charge on any atom is 0.230 e. The van der Waals surface area contributed by atoms with Crippen LogP contribution in [0.3, 0.4) is 0 Å². The lowest BCUT2D eigenvalue weighted by molar-refractivity contribution is -0.118. The maximum absolute atomic E-state index is 12.1. The molecule has 136 valence electrons. The molecule has 26 heavy (non-hydrogen) atoms. The third-order valence-corrected chi connectivity index (χ3v) is 4.98. The zero-order valence-electron chi connectivity index (χ0n) is 15.1. The second-order valence-electron chi connectivity index (χ2n) is 5.91. The highest BCUT2D eigenvalue weighted by Gasteiger charge is 2.14. The molecule has 0 spiro atoms. The number of methoxy groups -OCH3 is 1. The molecule has 0 atom stereocenters. The fourth-order valence-corrected chi connectivity index (χ4v) is 3.53. The average molecular weight is 369 g/mol. The Hall–Kier alpha value is -2.47. The van der Waals surface area contributed by atoms with E-state index in [0.717, 1.165) is 47.0 Å². The van der Waals surface area contributed by atoms with Crippen LogP contribution in [0.15, 0.2) is 53.7 Å². The van der Waals surface area contributed by atoms with Gasteiger partial charge in [0, 0.05) is 12.2 Å². The Morgan fingerprint density at radius 2 is 1.96 bits per heavy atom. The van der Waals surface area contributed by atoms with Crippen molar-refractivity contribution >= 4 is 28.7 Å². The van der Waals surface area contributed by atoms with Crippen LogP contribution in [0.25, 0.3) is 16.7 Å². The largest absolute Gasteiger partial charge is 0.497 e. The molecular weight excluding hydrogens is 346 g/mol. The summed E-state index contributed by atoms with van der Waals surface area (Å²) in [5.74, 6) is 1.20. The van der Waals surface area contributed by atoms with Gasteiger partial charge in [-0.2, -0.15) is 0 Å². The Morgan fingerprint density at radius 1 is 1.19 bits per heavy atom. The van der Waals surface area contributed by atoms with Gasteiger partial charge in [0.2, 0.25) is 5.91 Å². The summed E-state index contributed by atoms with van der Waals surface area (Å²) >= 11 is 1.45. The van der Waals surface area contributed by atoms with Crippen LogP contribution in [0.4, 0.5) is 0 Å². The molecule has 1 amide bonds. The van der Waals surface area contributed by atoms with Crippen LogP contribution in [-0.2, 0) is 4.79 Å². The number of benzene rings is 2. The summed E-state index contributed by atoms with van der Waals surface area (Å²) in [6, 6.07) is 15.8. The van der Waals surface area contributed by atoms with E-state index in [1.54, 1.807) is 7.11 Å². The maximum atomic E-state index is 12.1. The number of amides is 1. The zero-order valence-corrected chi connectivity index (χ0v) is 15.9. The summed E-state index contributed by atoms with van der Waals surface area (Å²) in [6.07, 6.45) is 2.07. The van der Waals surface area contributed by atoms with Gasteiger partial charge in [0.25, 0.3) is 0 Å². The molecule has 0 aliphatic heterocycles. The number of nitrogens with one attached hydrogen (secondary N) is 1. The monoisotopic (exact) mass is 369 g/mol. The Kier molecular flexibility index (Phi) is 6.17. The first-order chi connectivity index (χ1) is 12.7. The molecule has 0 saturated heterocycles. The summed E-state index contributed by atoms with van der Waals surface area (Å²) in [5.41, 5.74) is 2.93. The highest BCUT2D eigenvalue weighted by atomic mass is 32.2. The van der Waals surface area contributed by atoms with Gasteiger partial charge in [0.05, 0.1) is 23.9 Å². The molecule has 0 saturated carbocycles. The first kappa shape index (κ1) is 18.3. The second kappa shape index (κ2) is 8.76. The number of carbonyl (C=O) groups is 1. The highest BCUT2D eigenvalue weighted by molar-refractivity contribution is 7.99.